The Morgan fingerprint density at radius 1 is 1.24 bits per heavy atom. The molecule has 0 unspecified atom stereocenters. The summed E-state index contributed by atoms with van der Waals surface area (Å²) in [7, 11) is -3.98. The second-order valence-electron chi connectivity index (χ2n) is 6.51. The molecule has 25 heavy (non-hydrogen) atoms. The zero-order chi connectivity index (χ0) is 19.1. The molecule has 0 heterocycles. The first-order valence-electron chi connectivity index (χ1n) is 8.09. The molecule has 7 nitrogen and oxygen atoms in total. The number of benzene rings is 1. The van der Waals surface area contributed by atoms with E-state index >= 15 is 0 Å². The van der Waals surface area contributed by atoms with Crippen LogP contribution in [0.1, 0.15) is 31.9 Å². The van der Waals surface area contributed by atoms with E-state index in [1.54, 1.807) is 0 Å². The molecule has 0 saturated heterocycles. The molecule has 8 heteroatoms. The Bertz CT molecular complexity index is 655. The lowest BCUT2D eigenvalue weighted by atomic mass is 9.92. The first kappa shape index (κ1) is 21.4. The van der Waals surface area contributed by atoms with Crippen molar-refractivity contribution in [2.45, 2.75) is 26.3 Å². The Morgan fingerprint density at radius 3 is 2.52 bits per heavy atom. The molecule has 0 saturated carbocycles. The monoisotopic (exact) mass is 369 g/mol. The molecule has 0 spiro atoms. The van der Waals surface area contributed by atoms with Crippen LogP contribution < -0.4 is 16.0 Å². The van der Waals surface area contributed by atoms with E-state index in [0.717, 1.165) is 16.7 Å². The number of urea groups is 1. The molecular weight excluding hydrogens is 341 g/mol. The fourth-order valence-corrected chi connectivity index (χ4v) is 2.64. The fourth-order valence-electron chi connectivity index (χ4n) is 2.19. The van der Waals surface area contributed by atoms with E-state index in [2.05, 4.69) is 22.5 Å². The van der Waals surface area contributed by atoms with Gasteiger partial charge in [-0.3, -0.25) is 4.57 Å². The average molecular weight is 369 g/mol. The summed E-state index contributed by atoms with van der Waals surface area (Å²) in [6, 6.07) is 7.57. The van der Waals surface area contributed by atoms with Crippen LogP contribution in [-0.4, -0.2) is 41.6 Å². The minimum absolute atomic E-state index is 0.201. The van der Waals surface area contributed by atoms with Gasteiger partial charge >= 0.3 is 13.6 Å². The Labute approximate surface area is 149 Å². The van der Waals surface area contributed by atoms with Gasteiger partial charge in [0.15, 0.2) is 0 Å². The first-order valence-corrected chi connectivity index (χ1v) is 9.89. The van der Waals surface area contributed by atoms with Gasteiger partial charge in [0.25, 0.3) is 0 Å². The lowest BCUT2D eigenvalue weighted by Gasteiger charge is -2.27. The van der Waals surface area contributed by atoms with E-state index in [0.29, 0.717) is 13.1 Å². The Morgan fingerprint density at radius 2 is 1.92 bits per heavy atom. The molecule has 0 bridgehead atoms. The van der Waals surface area contributed by atoms with Gasteiger partial charge in [-0.25, -0.2) is 4.79 Å². The lowest BCUT2D eigenvalue weighted by molar-refractivity contribution is 0.230. The van der Waals surface area contributed by atoms with Crippen molar-refractivity contribution in [2.75, 3.05) is 25.8 Å². The number of allylic oxidation sites excluding steroid dienone is 1. The van der Waals surface area contributed by atoms with Crippen molar-refractivity contribution in [2.24, 2.45) is 0 Å². The van der Waals surface area contributed by atoms with Crippen LogP contribution in [0.2, 0.25) is 0 Å². The van der Waals surface area contributed by atoms with Crippen molar-refractivity contribution in [1.82, 2.24) is 16.0 Å². The van der Waals surface area contributed by atoms with E-state index in [9.17, 15) is 9.36 Å². The molecule has 0 radical (unpaired) electrons. The van der Waals surface area contributed by atoms with Crippen LogP contribution >= 0.6 is 7.60 Å². The van der Waals surface area contributed by atoms with Gasteiger partial charge in [-0.2, -0.15) is 0 Å². The third-order valence-corrected chi connectivity index (χ3v) is 4.48. The Hall–Kier alpha value is -1.66. The second-order valence-corrected chi connectivity index (χ2v) is 8.28. The minimum atomic E-state index is -3.98. The Balaban J connectivity index is 2.43. The van der Waals surface area contributed by atoms with Gasteiger partial charge in [-0.1, -0.05) is 30.4 Å². The summed E-state index contributed by atoms with van der Waals surface area (Å²) in [6.45, 7) is 10.7. The van der Waals surface area contributed by atoms with E-state index in [4.69, 9.17) is 9.79 Å². The van der Waals surface area contributed by atoms with E-state index < -0.39 is 13.1 Å². The van der Waals surface area contributed by atoms with Crippen LogP contribution in [-0.2, 0) is 10.1 Å². The number of rotatable bonds is 9. The van der Waals surface area contributed by atoms with Gasteiger partial charge in [-0.15, -0.1) is 0 Å². The maximum absolute atomic E-state index is 12.1. The first-order chi connectivity index (χ1) is 11.5. The van der Waals surface area contributed by atoms with Gasteiger partial charge in [0.1, 0.15) is 0 Å². The third-order valence-electron chi connectivity index (χ3n) is 3.67. The minimum Gasteiger partial charge on any atom is -0.337 e. The van der Waals surface area contributed by atoms with Crippen LogP contribution in [0.25, 0.3) is 5.57 Å². The smallest absolute Gasteiger partial charge is 0.326 e. The molecule has 140 valence electrons. The van der Waals surface area contributed by atoms with Crippen molar-refractivity contribution in [3.05, 3.63) is 42.0 Å². The van der Waals surface area contributed by atoms with Crippen molar-refractivity contribution < 1.29 is 19.1 Å². The van der Waals surface area contributed by atoms with Crippen LogP contribution in [0, 0.1) is 0 Å². The van der Waals surface area contributed by atoms with Crippen molar-refractivity contribution >= 4 is 19.2 Å². The average Bonchev–Trinajstić information content (AvgIpc) is 2.49. The number of hydrogen-bond donors (Lipinski definition) is 5. The number of nitrogens with one attached hydrogen (secondary N) is 3. The summed E-state index contributed by atoms with van der Waals surface area (Å²) < 4.78 is 10.7. The summed E-state index contributed by atoms with van der Waals surface area (Å²) in [6.07, 6.45) is -0.217. The summed E-state index contributed by atoms with van der Waals surface area (Å²) in [5, 5.41) is 8.51. The molecule has 0 aliphatic rings. The summed E-state index contributed by atoms with van der Waals surface area (Å²) >= 11 is 0. The normalized spacial score (nSPS) is 11.9. The zero-order valence-electron chi connectivity index (χ0n) is 15.0. The van der Waals surface area contributed by atoms with Gasteiger partial charge in [0.2, 0.25) is 0 Å². The molecule has 1 rings (SSSR count). The summed E-state index contributed by atoms with van der Waals surface area (Å²) in [5.74, 6) is 0. The van der Waals surface area contributed by atoms with Crippen molar-refractivity contribution in [3.8, 4) is 0 Å². The third kappa shape index (κ3) is 8.31. The predicted molar refractivity (Wildman–Crippen MR) is 100 cm³/mol. The standard InChI is InChI=1S/C17H28N3O4P/c1-13(2)14-6-5-7-15(12-14)17(3,4)20-16(21)19-9-8-18-10-11-25(22,23)24/h5-7,12,18H,1,8-11H2,2-4H3,(H2,19,20,21)(H2,22,23,24). The number of carbonyl (C=O) groups excluding carboxylic acids is 1. The molecule has 0 aromatic heterocycles. The molecule has 0 fully saturated rings. The number of hydrogen-bond acceptors (Lipinski definition) is 3. The summed E-state index contributed by atoms with van der Waals surface area (Å²) in [5.41, 5.74) is 2.41. The largest absolute Gasteiger partial charge is 0.337 e. The summed E-state index contributed by atoms with van der Waals surface area (Å²) in [4.78, 5) is 29.5. The fraction of sp³-hybridized carbons (Fsp3) is 0.471. The van der Waals surface area contributed by atoms with Crippen LogP contribution in [0.15, 0.2) is 30.8 Å². The van der Waals surface area contributed by atoms with Gasteiger partial charge in [-0.05, 0) is 38.0 Å². The van der Waals surface area contributed by atoms with Gasteiger partial charge in [0, 0.05) is 19.6 Å². The van der Waals surface area contributed by atoms with Crippen LogP contribution in [0.5, 0.6) is 0 Å². The molecule has 0 aliphatic carbocycles. The van der Waals surface area contributed by atoms with E-state index in [1.807, 2.05) is 45.0 Å². The van der Waals surface area contributed by atoms with Crippen molar-refractivity contribution in [3.63, 3.8) is 0 Å². The molecule has 1 aromatic rings. The van der Waals surface area contributed by atoms with Gasteiger partial charge < -0.3 is 25.7 Å². The predicted octanol–water partition coefficient (Wildman–Crippen LogP) is 2.02. The zero-order valence-corrected chi connectivity index (χ0v) is 15.9. The molecule has 2 amide bonds. The van der Waals surface area contributed by atoms with Gasteiger partial charge in [0.05, 0.1) is 11.7 Å². The second kappa shape index (κ2) is 9.15. The van der Waals surface area contributed by atoms with E-state index in [-0.39, 0.29) is 18.7 Å². The number of amides is 2. The highest BCUT2D eigenvalue weighted by molar-refractivity contribution is 7.51. The maximum atomic E-state index is 12.1. The van der Waals surface area contributed by atoms with Crippen molar-refractivity contribution in [1.29, 1.82) is 0 Å². The highest BCUT2D eigenvalue weighted by Crippen LogP contribution is 2.32. The topological polar surface area (TPSA) is 111 Å². The Kier molecular flexibility index (Phi) is 7.83. The van der Waals surface area contributed by atoms with Crippen LogP contribution in [0.3, 0.4) is 0 Å². The SMILES string of the molecule is C=C(C)c1cccc(C(C)(C)NC(=O)NCCNCCP(=O)(O)O)c1. The lowest BCUT2D eigenvalue weighted by Crippen LogP contribution is -2.47. The highest BCUT2D eigenvalue weighted by atomic mass is 31.2. The molecule has 5 N–H and O–H groups in total. The maximum Gasteiger partial charge on any atom is 0.326 e. The molecule has 0 atom stereocenters. The highest BCUT2D eigenvalue weighted by Gasteiger charge is 2.23. The molecular formula is C17H28N3O4P. The van der Waals surface area contributed by atoms with E-state index in [1.165, 1.54) is 0 Å². The number of carbonyl (C=O) groups is 1. The molecule has 1 aromatic carbocycles. The quantitative estimate of drug-likeness (QED) is 0.338. The molecule has 0 aliphatic heterocycles. The van der Waals surface area contributed by atoms with Crippen LogP contribution in [0.4, 0.5) is 4.79 Å².